The van der Waals surface area contributed by atoms with Gasteiger partial charge >= 0.3 is 11.9 Å². The smallest absolute Gasteiger partial charge is 0.308 e. The summed E-state index contributed by atoms with van der Waals surface area (Å²) >= 11 is 6.10. The molecule has 0 saturated carbocycles. The predicted molar refractivity (Wildman–Crippen MR) is 91.6 cm³/mol. The second kappa shape index (κ2) is 6.52. The van der Waals surface area contributed by atoms with Gasteiger partial charge in [-0.25, -0.2) is 9.97 Å². The summed E-state index contributed by atoms with van der Waals surface area (Å²) in [5.74, 6) is -1.15. The first-order chi connectivity index (χ1) is 11.9. The van der Waals surface area contributed by atoms with E-state index in [0.717, 1.165) is 0 Å². The number of rotatable bonds is 4. The third-order valence-electron chi connectivity index (χ3n) is 3.62. The third kappa shape index (κ3) is 3.32. The van der Waals surface area contributed by atoms with Crippen molar-refractivity contribution in [3.8, 4) is 17.0 Å². The summed E-state index contributed by atoms with van der Waals surface area (Å²) in [6.45, 7) is 1.30. The van der Waals surface area contributed by atoms with Crippen molar-refractivity contribution in [2.24, 2.45) is 7.05 Å². The Hall–Kier alpha value is -2.93. The van der Waals surface area contributed by atoms with Gasteiger partial charge in [0.2, 0.25) is 0 Å². The molecule has 0 fully saturated rings. The Balaban J connectivity index is 2.31. The van der Waals surface area contributed by atoms with Gasteiger partial charge in [-0.15, -0.1) is 0 Å². The van der Waals surface area contributed by atoms with E-state index >= 15 is 0 Å². The van der Waals surface area contributed by atoms with Gasteiger partial charge in [-0.3, -0.25) is 9.59 Å². The van der Waals surface area contributed by atoms with Gasteiger partial charge in [0, 0.05) is 36.1 Å². The first kappa shape index (κ1) is 16.9. The number of esters is 1. The molecule has 8 heteroatoms. The fourth-order valence-electron chi connectivity index (χ4n) is 2.73. The maximum absolute atomic E-state index is 11.4. The van der Waals surface area contributed by atoms with Gasteiger partial charge in [0.15, 0.2) is 0 Å². The van der Waals surface area contributed by atoms with E-state index in [1.54, 1.807) is 36.0 Å². The van der Waals surface area contributed by atoms with Crippen molar-refractivity contribution in [2.75, 3.05) is 0 Å². The molecule has 0 atom stereocenters. The van der Waals surface area contributed by atoms with Gasteiger partial charge in [-0.05, 0) is 23.8 Å². The van der Waals surface area contributed by atoms with Crippen molar-refractivity contribution in [2.45, 2.75) is 13.3 Å². The van der Waals surface area contributed by atoms with Crippen molar-refractivity contribution in [1.82, 2.24) is 14.5 Å². The van der Waals surface area contributed by atoms with Crippen LogP contribution in [-0.4, -0.2) is 31.6 Å². The van der Waals surface area contributed by atoms with Crippen LogP contribution < -0.4 is 4.74 Å². The van der Waals surface area contributed by atoms with Crippen molar-refractivity contribution >= 4 is 34.6 Å². The summed E-state index contributed by atoms with van der Waals surface area (Å²) in [6.07, 6.45) is 2.90. The molecule has 1 N–H and O–H groups in total. The number of halogens is 1. The number of carbonyl (C=O) groups is 2. The summed E-state index contributed by atoms with van der Waals surface area (Å²) < 4.78 is 6.98. The number of ether oxygens (including phenoxy) is 1. The van der Waals surface area contributed by atoms with Crippen LogP contribution in [0.1, 0.15) is 12.5 Å². The Morgan fingerprint density at radius 3 is 2.76 bits per heavy atom. The number of carboxylic acid groups (broad SMARTS) is 1. The Bertz CT molecular complexity index is 997. The van der Waals surface area contributed by atoms with Crippen LogP contribution in [0.2, 0.25) is 5.02 Å². The van der Waals surface area contributed by atoms with Gasteiger partial charge in [0.25, 0.3) is 0 Å². The highest BCUT2D eigenvalue weighted by atomic mass is 35.5. The normalized spacial score (nSPS) is 10.8. The maximum atomic E-state index is 11.4. The zero-order chi connectivity index (χ0) is 18.1. The van der Waals surface area contributed by atoms with Crippen LogP contribution in [0.15, 0.2) is 30.7 Å². The summed E-state index contributed by atoms with van der Waals surface area (Å²) in [6, 6.07) is 4.80. The lowest BCUT2D eigenvalue weighted by Gasteiger charge is -2.10. The number of hydrogen-bond acceptors (Lipinski definition) is 5. The molecule has 0 bridgehead atoms. The summed E-state index contributed by atoms with van der Waals surface area (Å²) in [4.78, 5) is 31.1. The van der Waals surface area contributed by atoms with E-state index in [2.05, 4.69) is 9.97 Å². The number of hydrogen-bond donors (Lipinski definition) is 1. The van der Waals surface area contributed by atoms with Crippen LogP contribution in [-0.2, 0) is 23.1 Å². The monoisotopic (exact) mass is 359 g/mol. The number of benzene rings is 1. The maximum Gasteiger partial charge on any atom is 0.308 e. The quantitative estimate of drug-likeness (QED) is 0.568. The second-order valence-corrected chi connectivity index (χ2v) is 5.93. The molecule has 128 valence electrons. The van der Waals surface area contributed by atoms with E-state index in [-0.39, 0.29) is 6.42 Å². The fourth-order valence-corrected chi connectivity index (χ4v) is 2.90. The predicted octanol–water partition coefficient (Wildman–Crippen LogP) is 2.84. The van der Waals surface area contributed by atoms with Crippen LogP contribution >= 0.6 is 11.6 Å². The molecular formula is C17H14ClN3O4. The topological polar surface area (TPSA) is 94.3 Å². The number of fused-ring (bicyclic) bond motifs is 1. The minimum absolute atomic E-state index is 0.179. The van der Waals surface area contributed by atoms with E-state index in [9.17, 15) is 14.7 Å². The highest BCUT2D eigenvalue weighted by molar-refractivity contribution is 6.31. The number of aliphatic carboxylic acids is 1. The first-order valence-corrected chi connectivity index (χ1v) is 7.73. The zero-order valence-corrected chi connectivity index (χ0v) is 14.2. The second-order valence-electron chi connectivity index (χ2n) is 5.49. The molecule has 0 radical (unpaired) electrons. The van der Waals surface area contributed by atoms with Crippen LogP contribution in [0.3, 0.4) is 0 Å². The molecule has 7 nitrogen and oxygen atoms in total. The van der Waals surface area contributed by atoms with E-state index in [4.69, 9.17) is 16.3 Å². The number of carbonyl (C=O) groups excluding carboxylic acids is 1. The molecular weight excluding hydrogens is 346 g/mol. The molecule has 0 spiro atoms. The molecule has 3 aromatic rings. The van der Waals surface area contributed by atoms with Crippen LogP contribution in [0.5, 0.6) is 5.75 Å². The van der Waals surface area contributed by atoms with Crippen LogP contribution in [0, 0.1) is 0 Å². The molecule has 0 aliphatic carbocycles. The van der Waals surface area contributed by atoms with E-state index in [1.165, 1.54) is 13.3 Å². The average molecular weight is 360 g/mol. The van der Waals surface area contributed by atoms with Gasteiger partial charge in [-0.2, -0.15) is 0 Å². The minimum Gasteiger partial charge on any atom is -0.481 e. The Morgan fingerprint density at radius 2 is 2.08 bits per heavy atom. The van der Waals surface area contributed by atoms with Crippen molar-refractivity contribution in [3.05, 3.63) is 41.3 Å². The molecule has 0 aliphatic heterocycles. The van der Waals surface area contributed by atoms with Gasteiger partial charge in [-0.1, -0.05) is 11.6 Å². The SMILES string of the molecule is CC(=O)Oc1ccc(Cl)cc1-c1ncnc2c1c(CC(=O)O)cn2C. The van der Waals surface area contributed by atoms with Crippen LogP contribution in [0.4, 0.5) is 0 Å². The van der Waals surface area contributed by atoms with E-state index in [1.807, 2.05) is 0 Å². The standard InChI is InChI=1S/C17H14ClN3O4/c1-9(22)25-13-4-3-11(18)6-12(13)16-15-10(5-14(23)24)7-21(2)17(15)20-8-19-16/h3-4,6-8H,5H2,1-2H3,(H,23,24). The number of aromatic nitrogens is 3. The van der Waals surface area contributed by atoms with E-state index < -0.39 is 11.9 Å². The molecule has 3 rings (SSSR count). The fraction of sp³-hybridized carbons (Fsp3) is 0.176. The van der Waals surface area contributed by atoms with Crippen LogP contribution in [0.25, 0.3) is 22.3 Å². The lowest BCUT2D eigenvalue weighted by molar-refractivity contribution is -0.136. The van der Waals surface area contributed by atoms with Crippen molar-refractivity contribution in [1.29, 1.82) is 0 Å². The average Bonchev–Trinajstić information content (AvgIpc) is 2.84. The first-order valence-electron chi connectivity index (χ1n) is 7.36. The molecule has 0 unspecified atom stereocenters. The molecule has 25 heavy (non-hydrogen) atoms. The van der Waals surface area contributed by atoms with Gasteiger partial charge in [0.05, 0.1) is 12.1 Å². The summed E-state index contributed by atoms with van der Waals surface area (Å²) in [5.41, 5.74) is 2.10. The number of carboxylic acids is 1. The number of aryl methyl sites for hydroxylation is 1. The van der Waals surface area contributed by atoms with E-state index in [0.29, 0.717) is 38.6 Å². The molecule has 0 amide bonds. The summed E-state index contributed by atoms with van der Waals surface area (Å²) in [5, 5.41) is 10.2. The van der Waals surface area contributed by atoms with Crippen molar-refractivity contribution < 1.29 is 19.4 Å². The Kier molecular flexibility index (Phi) is 4.41. The Morgan fingerprint density at radius 1 is 1.32 bits per heavy atom. The third-order valence-corrected chi connectivity index (χ3v) is 3.86. The Labute approximate surface area is 147 Å². The van der Waals surface area contributed by atoms with Gasteiger partial charge < -0.3 is 14.4 Å². The summed E-state index contributed by atoms with van der Waals surface area (Å²) in [7, 11) is 1.77. The molecule has 0 saturated heterocycles. The largest absolute Gasteiger partial charge is 0.481 e. The lowest BCUT2D eigenvalue weighted by atomic mass is 10.0. The number of nitrogens with zero attached hydrogens (tertiary/aromatic N) is 3. The molecule has 2 aromatic heterocycles. The highest BCUT2D eigenvalue weighted by Gasteiger charge is 2.20. The van der Waals surface area contributed by atoms with Crippen molar-refractivity contribution in [3.63, 3.8) is 0 Å². The van der Waals surface area contributed by atoms with Gasteiger partial charge in [0.1, 0.15) is 17.7 Å². The highest BCUT2D eigenvalue weighted by Crippen LogP contribution is 2.37. The molecule has 2 heterocycles. The molecule has 0 aliphatic rings. The molecule has 1 aromatic carbocycles. The minimum atomic E-state index is -0.964. The lowest BCUT2D eigenvalue weighted by Crippen LogP contribution is -2.04. The zero-order valence-electron chi connectivity index (χ0n) is 13.5.